The number of nitro groups is 1. The molecule has 2 rings (SSSR count). The van der Waals surface area contributed by atoms with Crippen molar-refractivity contribution in [1.29, 1.82) is 0 Å². The fourth-order valence-corrected chi connectivity index (χ4v) is 2.74. The Kier molecular flexibility index (Phi) is 7.88. The van der Waals surface area contributed by atoms with E-state index in [0.717, 1.165) is 6.07 Å². The second-order valence-electron chi connectivity index (χ2n) is 6.62. The zero-order valence-corrected chi connectivity index (χ0v) is 17.3. The van der Waals surface area contributed by atoms with E-state index in [0.29, 0.717) is 16.3 Å². The summed E-state index contributed by atoms with van der Waals surface area (Å²) in [6, 6.07) is 9.31. The molecule has 0 aliphatic rings. The number of amides is 2. The number of carbonyl (C=O) groups is 2. The topological polar surface area (TPSA) is 123 Å². The molecular weight excluding hydrogens is 412 g/mol. The second kappa shape index (κ2) is 10.4. The highest BCUT2D eigenvalue weighted by Crippen LogP contribution is 2.20. The van der Waals surface area contributed by atoms with Crippen molar-refractivity contribution in [3.8, 4) is 5.75 Å². The molecule has 2 aromatic carbocycles. The number of benzene rings is 2. The van der Waals surface area contributed by atoms with Crippen molar-refractivity contribution in [3.63, 3.8) is 0 Å². The molecule has 0 unspecified atom stereocenters. The highest BCUT2D eigenvalue weighted by molar-refractivity contribution is 6.30. The van der Waals surface area contributed by atoms with Gasteiger partial charge < -0.3 is 10.1 Å². The highest BCUT2D eigenvalue weighted by atomic mass is 35.5. The Morgan fingerprint density at radius 2 is 1.97 bits per heavy atom. The molecule has 0 aromatic heterocycles. The van der Waals surface area contributed by atoms with E-state index in [4.69, 9.17) is 16.3 Å². The molecule has 0 spiro atoms. The Bertz CT molecular complexity index is 977. The van der Waals surface area contributed by atoms with Crippen LogP contribution in [-0.2, 0) is 4.79 Å². The Balaban J connectivity index is 2.10. The maximum Gasteiger partial charge on any atom is 0.270 e. The smallest absolute Gasteiger partial charge is 0.270 e. The largest absolute Gasteiger partial charge is 0.496 e. The zero-order valence-electron chi connectivity index (χ0n) is 16.6. The standard InChI is InChI=1S/C20H21ClN4O5/c1-12(2)18(23-19(26)13-5-4-6-16(10-13)25(28)29)20(27)24-22-11-14-9-15(21)7-8-17(14)30-3/h4-12,18H,1-3H3,(H,23,26)(H,24,27)/b22-11-/t18-/m1/s1. The molecule has 0 saturated heterocycles. The summed E-state index contributed by atoms with van der Waals surface area (Å²) in [7, 11) is 1.50. The van der Waals surface area contributed by atoms with Crippen LogP contribution in [0.15, 0.2) is 47.6 Å². The van der Waals surface area contributed by atoms with Gasteiger partial charge in [0.25, 0.3) is 17.5 Å². The quantitative estimate of drug-likeness (QED) is 0.376. The predicted octanol–water partition coefficient (Wildman–Crippen LogP) is 3.16. The van der Waals surface area contributed by atoms with E-state index >= 15 is 0 Å². The van der Waals surface area contributed by atoms with Crippen molar-refractivity contribution in [3.05, 3.63) is 68.7 Å². The van der Waals surface area contributed by atoms with Gasteiger partial charge in [0.1, 0.15) is 11.8 Å². The molecule has 0 fully saturated rings. The van der Waals surface area contributed by atoms with Gasteiger partial charge in [0.05, 0.1) is 18.2 Å². The minimum atomic E-state index is -0.907. The number of carbonyl (C=O) groups excluding carboxylic acids is 2. The van der Waals surface area contributed by atoms with Crippen LogP contribution < -0.4 is 15.5 Å². The molecule has 30 heavy (non-hydrogen) atoms. The number of nitro benzene ring substituents is 1. The van der Waals surface area contributed by atoms with Crippen LogP contribution in [0.5, 0.6) is 5.75 Å². The van der Waals surface area contributed by atoms with Gasteiger partial charge in [-0.2, -0.15) is 5.10 Å². The molecule has 10 heteroatoms. The first kappa shape index (κ1) is 22.8. The molecule has 0 saturated carbocycles. The molecule has 2 N–H and O–H groups in total. The molecule has 9 nitrogen and oxygen atoms in total. The first-order valence-corrected chi connectivity index (χ1v) is 9.32. The van der Waals surface area contributed by atoms with E-state index in [1.54, 1.807) is 32.0 Å². The maximum atomic E-state index is 12.5. The highest BCUT2D eigenvalue weighted by Gasteiger charge is 2.25. The van der Waals surface area contributed by atoms with Crippen LogP contribution in [0.2, 0.25) is 5.02 Å². The third-order valence-corrected chi connectivity index (χ3v) is 4.36. The third-order valence-electron chi connectivity index (χ3n) is 4.13. The third kappa shape index (κ3) is 6.02. The van der Waals surface area contributed by atoms with Crippen LogP contribution in [0.25, 0.3) is 0 Å². The lowest BCUT2D eigenvalue weighted by Gasteiger charge is -2.20. The van der Waals surface area contributed by atoms with E-state index in [2.05, 4.69) is 15.8 Å². The van der Waals surface area contributed by atoms with Crippen molar-refractivity contribution in [2.24, 2.45) is 11.0 Å². The average molecular weight is 433 g/mol. The van der Waals surface area contributed by atoms with Crippen molar-refractivity contribution in [2.45, 2.75) is 19.9 Å². The Morgan fingerprint density at radius 3 is 2.60 bits per heavy atom. The van der Waals surface area contributed by atoms with E-state index in [-0.39, 0.29) is 17.2 Å². The summed E-state index contributed by atoms with van der Waals surface area (Å²) < 4.78 is 5.20. The molecule has 2 aromatic rings. The number of nitrogens with zero attached hydrogens (tertiary/aromatic N) is 2. The SMILES string of the molecule is COc1ccc(Cl)cc1/C=N\NC(=O)[C@H](NC(=O)c1cccc([N+](=O)[O-])c1)C(C)C. The number of rotatable bonds is 8. The summed E-state index contributed by atoms with van der Waals surface area (Å²) in [6.07, 6.45) is 1.38. The van der Waals surface area contributed by atoms with Crippen LogP contribution in [0, 0.1) is 16.0 Å². The minimum absolute atomic E-state index is 0.0785. The van der Waals surface area contributed by atoms with Crippen LogP contribution in [0.1, 0.15) is 29.8 Å². The van der Waals surface area contributed by atoms with Gasteiger partial charge in [0.2, 0.25) is 0 Å². The predicted molar refractivity (Wildman–Crippen MR) is 113 cm³/mol. The van der Waals surface area contributed by atoms with Crippen LogP contribution in [0.4, 0.5) is 5.69 Å². The number of halogens is 1. The number of ether oxygens (including phenoxy) is 1. The number of hydrogen-bond acceptors (Lipinski definition) is 6. The molecule has 1 atom stereocenters. The number of non-ortho nitro benzene ring substituents is 1. The van der Waals surface area contributed by atoms with Crippen molar-refractivity contribution < 1.29 is 19.2 Å². The Hall–Kier alpha value is -3.46. The fraction of sp³-hybridized carbons (Fsp3) is 0.250. The zero-order chi connectivity index (χ0) is 22.3. The molecule has 0 radical (unpaired) electrons. The first-order chi connectivity index (χ1) is 14.2. The molecule has 0 aliphatic carbocycles. The summed E-state index contributed by atoms with van der Waals surface area (Å²) >= 11 is 5.96. The molecular formula is C20H21ClN4O5. The first-order valence-electron chi connectivity index (χ1n) is 8.94. The summed E-state index contributed by atoms with van der Waals surface area (Å²) in [5, 5.41) is 17.9. The van der Waals surface area contributed by atoms with E-state index in [9.17, 15) is 19.7 Å². The monoisotopic (exact) mass is 432 g/mol. The summed E-state index contributed by atoms with van der Waals surface area (Å²) in [4.78, 5) is 35.3. The normalized spacial score (nSPS) is 11.9. The van der Waals surface area contributed by atoms with Gasteiger partial charge in [0, 0.05) is 28.3 Å². The van der Waals surface area contributed by atoms with E-state index < -0.39 is 22.8 Å². The van der Waals surface area contributed by atoms with Crippen molar-refractivity contribution in [2.75, 3.05) is 7.11 Å². The van der Waals surface area contributed by atoms with Gasteiger partial charge in [0.15, 0.2) is 0 Å². The summed E-state index contributed by atoms with van der Waals surface area (Å²) in [5.41, 5.74) is 2.80. The number of nitrogens with one attached hydrogen (secondary N) is 2. The van der Waals surface area contributed by atoms with Gasteiger partial charge in [-0.3, -0.25) is 19.7 Å². The Labute approximate surface area is 178 Å². The summed E-state index contributed by atoms with van der Waals surface area (Å²) in [6.45, 7) is 3.50. The van der Waals surface area contributed by atoms with E-state index in [1.807, 2.05) is 0 Å². The average Bonchev–Trinajstić information content (AvgIpc) is 2.71. The molecule has 0 bridgehead atoms. The number of hydrogen-bond donors (Lipinski definition) is 2. The lowest BCUT2D eigenvalue weighted by Crippen LogP contribution is -2.48. The maximum absolute atomic E-state index is 12.5. The van der Waals surface area contributed by atoms with Gasteiger partial charge in [-0.1, -0.05) is 31.5 Å². The Morgan fingerprint density at radius 1 is 1.23 bits per heavy atom. The van der Waals surface area contributed by atoms with Crippen molar-refractivity contribution in [1.82, 2.24) is 10.7 Å². The molecule has 158 valence electrons. The van der Waals surface area contributed by atoms with E-state index in [1.165, 1.54) is 31.5 Å². The van der Waals surface area contributed by atoms with Gasteiger partial charge in [-0.25, -0.2) is 5.43 Å². The van der Waals surface area contributed by atoms with Gasteiger partial charge in [-0.15, -0.1) is 0 Å². The van der Waals surface area contributed by atoms with Crippen molar-refractivity contribution >= 4 is 35.3 Å². The van der Waals surface area contributed by atoms with Crippen LogP contribution in [0.3, 0.4) is 0 Å². The second-order valence-corrected chi connectivity index (χ2v) is 7.06. The summed E-state index contributed by atoms with van der Waals surface area (Å²) in [5.74, 6) is -0.880. The molecule has 2 amide bonds. The fourth-order valence-electron chi connectivity index (χ4n) is 2.56. The minimum Gasteiger partial charge on any atom is -0.496 e. The van der Waals surface area contributed by atoms with Crippen LogP contribution in [-0.4, -0.2) is 36.1 Å². The van der Waals surface area contributed by atoms with Gasteiger partial charge >= 0.3 is 0 Å². The molecule has 0 heterocycles. The van der Waals surface area contributed by atoms with Gasteiger partial charge in [-0.05, 0) is 30.2 Å². The van der Waals surface area contributed by atoms with Crippen LogP contribution >= 0.6 is 11.6 Å². The number of hydrazone groups is 1. The number of methoxy groups -OCH3 is 1. The molecule has 0 aliphatic heterocycles. The lowest BCUT2D eigenvalue weighted by atomic mass is 10.0. The lowest BCUT2D eigenvalue weighted by molar-refractivity contribution is -0.384.